The molecule has 0 radical (unpaired) electrons. The van der Waals surface area contributed by atoms with Crippen LogP contribution >= 0.6 is 0 Å². The standard InChI is InChI=1S/C9H20N2O2S/c1-8(2)6-9-7-11(5-4-10-9)14(3,12)13/h8-10H,4-7H2,1-3H3. The Morgan fingerprint density at radius 1 is 1.50 bits per heavy atom. The summed E-state index contributed by atoms with van der Waals surface area (Å²) < 4.78 is 24.2. The summed E-state index contributed by atoms with van der Waals surface area (Å²) >= 11 is 0. The van der Waals surface area contributed by atoms with Crippen LogP contribution in [0.5, 0.6) is 0 Å². The molecule has 1 unspecified atom stereocenters. The van der Waals surface area contributed by atoms with Crippen molar-refractivity contribution in [1.82, 2.24) is 9.62 Å². The molecular weight excluding hydrogens is 200 g/mol. The smallest absolute Gasteiger partial charge is 0.211 e. The molecule has 0 amide bonds. The maximum absolute atomic E-state index is 11.3. The van der Waals surface area contributed by atoms with Crippen molar-refractivity contribution in [3.63, 3.8) is 0 Å². The van der Waals surface area contributed by atoms with Crippen LogP contribution in [0.1, 0.15) is 20.3 Å². The third-order valence-electron chi connectivity index (χ3n) is 2.44. The molecule has 0 aromatic carbocycles. The lowest BCUT2D eigenvalue weighted by Gasteiger charge is -2.32. The van der Waals surface area contributed by atoms with Crippen LogP contribution in [0.3, 0.4) is 0 Å². The van der Waals surface area contributed by atoms with Crippen LogP contribution in [0, 0.1) is 5.92 Å². The topological polar surface area (TPSA) is 49.4 Å². The summed E-state index contributed by atoms with van der Waals surface area (Å²) in [6.45, 7) is 6.30. The van der Waals surface area contributed by atoms with Gasteiger partial charge in [-0.1, -0.05) is 13.8 Å². The molecule has 1 fully saturated rings. The molecular formula is C9H20N2O2S. The molecule has 1 atom stereocenters. The molecule has 1 rings (SSSR count). The molecule has 0 spiro atoms. The summed E-state index contributed by atoms with van der Waals surface area (Å²) in [6, 6.07) is 0.318. The highest BCUT2D eigenvalue weighted by Gasteiger charge is 2.25. The molecule has 5 heteroatoms. The van der Waals surface area contributed by atoms with Gasteiger partial charge in [0.1, 0.15) is 0 Å². The Labute approximate surface area is 86.7 Å². The van der Waals surface area contributed by atoms with Crippen LogP contribution in [0.2, 0.25) is 0 Å². The fraction of sp³-hybridized carbons (Fsp3) is 1.00. The lowest BCUT2D eigenvalue weighted by atomic mass is 10.0. The number of hydrogen-bond donors (Lipinski definition) is 1. The van der Waals surface area contributed by atoms with Crippen molar-refractivity contribution in [2.75, 3.05) is 25.9 Å². The minimum atomic E-state index is -3.00. The zero-order chi connectivity index (χ0) is 10.8. The molecule has 1 N–H and O–H groups in total. The van der Waals surface area contributed by atoms with Crippen molar-refractivity contribution < 1.29 is 8.42 Å². The summed E-state index contributed by atoms with van der Waals surface area (Å²) in [6.07, 6.45) is 2.32. The summed E-state index contributed by atoms with van der Waals surface area (Å²) in [4.78, 5) is 0. The van der Waals surface area contributed by atoms with Gasteiger partial charge in [0.25, 0.3) is 0 Å². The monoisotopic (exact) mass is 220 g/mol. The molecule has 1 heterocycles. The van der Waals surface area contributed by atoms with Crippen molar-refractivity contribution >= 4 is 10.0 Å². The molecule has 0 aromatic rings. The maximum atomic E-state index is 11.3. The average Bonchev–Trinajstić information content (AvgIpc) is 2.01. The number of piperazine rings is 1. The van der Waals surface area contributed by atoms with Gasteiger partial charge in [-0.15, -0.1) is 0 Å². The second-order valence-electron chi connectivity index (χ2n) is 4.40. The molecule has 1 aliphatic heterocycles. The van der Waals surface area contributed by atoms with E-state index in [9.17, 15) is 8.42 Å². The van der Waals surface area contributed by atoms with Crippen LogP contribution in [-0.2, 0) is 10.0 Å². The van der Waals surface area contributed by atoms with Crippen LogP contribution in [0.25, 0.3) is 0 Å². The van der Waals surface area contributed by atoms with E-state index in [1.165, 1.54) is 6.26 Å². The third kappa shape index (κ3) is 3.55. The van der Waals surface area contributed by atoms with E-state index in [-0.39, 0.29) is 0 Å². The minimum absolute atomic E-state index is 0.318. The minimum Gasteiger partial charge on any atom is -0.311 e. The SMILES string of the molecule is CC(C)CC1CN(S(C)(=O)=O)CCN1. The van der Waals surface area contributed by atoms with Gasteiger partial charge < -0.3 is 5.32 Å². The van der Waals surface area contributed by atoms with Crippen LogP contribution in [0.4, 0.5) is 0 Å². The molecule has 0 aliphatic carbocycles. The lowest BCUT2D eigenvalue weighted by molar-refractivity contribution is 0.273. The highest BCUT2D eigenvalue weighted by atomic mass is 32.2. The Bertz CT molecular complexity index is 275. The Morgan fingerprint density at radius 3 is 2.64 bits per heavy atom. The quantitative estimate of drug-likeness (QED) is 0.742. The lowest BCUT2D eigenvalue weighted by Crippen LogP contribution is -2.52. The van der Waals surface area contributed by atoms with Crippen molar-refractivity contribution in [2.24, 2.45) is 5.92 Å². The Morgan fingerprint density at radius 2 is 2.14 bits per heavy atom. The Balaban J connectivity index is 2.52. The van der Waals surface area contributed by atoms with Crippen molar-refractivity contribution in [3.05, 3.63) is 0 Å². The van der Waals surface area contributed by atoms with E-state index in [0.717, 1.165) is 13.0 Å². The van der Waals surface area contributed by atoms with Gasteiger partial charge in [-0.05, 0) is 12.3 Å². The predicted octanol–water partition coefficient (Wildman–Crippen LogP) is 0.266. The van der Waals surface area contributed by atoms with E-state index in [0.29, 0.717) is 25.0 Å². The van der Waals surface area contributed by atoms with Crippen molar-refractivity contribution in [1.29, 1.82) is 0 Å². The first-order valence-corrected chi connectivity index (χ1v) is 6.93. The number of rotatable bonds is 3. The molecule has 0 aromatic heterocycles. The van der Waals surface area contributed by atoms with Gasteiger partial charge in [-0.3, -0.25) is 0 Å². The number of nitrogens with one attached hydrogen (secondary N) is 1. The van der Waals surface area contributed by atoms with E-state index < -0.39 is 10.0 Å². The van der Waals surface area contributed by atoms with Gasteiger partial charge >= 0.3 is 0 Å². The van der Waals surface area contributed by atoms with E-state index in [4.69, 9.17) is 0 Å². The van der Waals surface area contributed by atoms with Gasteiger partial charge in [0.15, 0.2) is 0 Å². The van der Waals surface area contributed by atoms with Crippen LogP contribution in [0.15, 0.2) is 0 Å². The summed E-state index contributed by atoms with van der Waals surface area (Å²) in [5, 5.41) is 3.35. The van der Waals surface area contributed by atoms with Gasteiger partial charge in [0, 0.05) is 25.7 Å². The number of nitrogens with zero attached hydrogens (tertiary/aromatic N) is 1. The van der Waals surface area contributed by atoms with Gasteiger partial charge in [0.05, 0.1) is 6.26 Å². The van der Waals surface area contributed by atoms with E-state index >= 15 is 0 Å². The number of sulfonamides is 1. The zero-order valence-electron chi connectivity index (χ0n) is 9.16. The summed E-state index contributed by atoms with van der Waals surface area (Å²) in [5.74, 6) is 0.604. The highest BCUT2D eigenvalue weighted by Crippen LogP contribution is 2.11. The van der Waals surface area contributed by atoms with Gasteiger partial charge in [-0.25, -0.2) is 8.42 Å². The summed E-state index contributed by atoms with van der Waals surface area (Å²) in [7, 11) is -3.00. The summed E-state index contributed by atoms with van der Waals surface area (Å²) in [5.41, 5.74) is 0. The third-order valence-corrected chi connectivity index (χ3v) is 3.71. The van der Waals surface area contributed by atoms with Gasteiger partial charge in [0.2, 0.25) is 10.0 Å². The maximum Gasteiger partial charge on any atom is 0.211 e. The second-order valence-corrected chi connectivity index (χ2v) is 6.38. The van der Waals surface area contributed by atoms with Gasteiger partial charge in [-0.2, -0.15) is 4.31 Å². The largest absolute Gasteiger partial charge is 0.311 e. The molecule has 4 nitrogen and oxygen atoms in total. The molecule has 0 bridgehead atoms. The fourth-order valence-electron chi connectivity index (χ4n) is 1.82. The van der Waals surface area contributed by atoms with Crippen LogP contribution < -0.4 is 5.32 Å². The molecule has 84 valence electrons. The van der Waals surface area contributed by atoms with Crippen LogP contribution in [-0.4, -0.2) is 44.7 Å². The Kier molecular flexibility index (Phi) is 3.92. The van der Waals surface area contributed by atoms with E-state index in [2.05, 4.69) is 19.2 Å². The molecule has 1 aliphatic rings. The predicted molar refractivity (Wildman–Crippen MR) is 57.7 cm³/mol. The first-order chi connectivity index (χ1) is 6.39. The van der Waals surface area contributed by atoms with Crippen molar-refractivity contribution in [2.45, 2.75) is 26.3 Å². The normalized spacial score (nSPS) is 25.6. The first kappa shape index (κ1) is 11.9. The fourth-order valence-corrected chi connectivity index (χ4v) is 2.70. The second kappa shape index (κ2) is 4.59. The average molecular weight is 220 g/mol. The van der Waals surface area contributed by atoms with Crippen molar-refractivity contribution in [3.8, 4) is 0 Å². The highest BCUT2D eigenvalue weighted by molar-refractivity contribution is 7.88. The Hall–Kier alpha value is -0.130. The molecule has 0 saturated carbocycles. The molecule has 1 saturated heterocycles. The van der Waals surface area contributed by atoms with E-state index in [1.54, 1.807) is 4.31 Å². The van der Waals surface area contributed by atoms with E-state index in [1.807, 2.05) is 0 Å². The molecule has 14 heavy (non-hydrogen) atoms. The first-order valence-electron chi connectivity index (χ1n) is 5.08. The zero-order valence-corrected chi connectivity index (χ0v) is 9.97. The number of hydrogen-bond acceptors (Lipinski definition) is 3.